The smallest absolute Gasteiger partial charge is 0.178 e. The van der Waals surface area contributed by atoms with Crippen LogP contribution in [0.5, 0.6) is 0 Å². The predicted molar refractivity (Wildman–Crippen MR) is 64.9 cm³/mol. The molecule has 2 rings (SSSR count). The van der Waals surface area contributed by atoms with Gasteiger partial charge >= 0.3 is 0 Å². The van der Waals surface area contributed by atoms with Crippen LogP contribution in [0.4, 0.5) is 5.69 Å². The van der Waals surface area contributed by atoms with Crippen LogP contribution >= 0.6 is 0 Å². The standard InChI is InChI=1S/C12H17NO2S/c13-11-5-7-12(8-6-11)16(14,15)9-10-3-1-2-4-10/h5-8,10H,1-4,9,13H2. The van der Waals surface area contributed by atoms with Crippen LogP contribution in [0.25, 0.3) is 0 Å². The molecule has 16 heavy (non-hydrogen) atoms. The maximum atomic E-state index is 12.1. The van der Waals surface area contributed by atoms with E-state index in [0.717, 1.165) is 12.8 Å². The molecule has 0 heterocycles. The van der Waals surface area contributed by atoms with E-state index in [1.807, 2.05) is 0 Å². The van der Waals surface area contributed by atoms with Crippen LogP contribution in [0, 0.1) is 5.92 Å². The minimum absolute atomic E-state index is 0.289. The van der Waals surface area contributed by atoms with E-state index in [1.165, 1.54) is 12.8 Å². The Bertz CT molecular complexity index is 444. The third-order valence-corrected chi connectivity index (χ3v) is 5.07. The summed E-state index contributed by atoms with van der Waals surface area (Å²) in [6.45, 7) is 0. The molecule has 0 bridgehead atoms. The van der Waals surface area contributed by atoms with Crippen molar-refractivity contribution in [1.29, 1.82) is 0 Å². The summed E-state index contributed by atoms with van der Waals surface area (Å²) in [5.41, 5.74) is 6.14. The van der Waals surface area contributed by atoms with Gasteiger partial charge in [-0.25, -0.2) is 8.42 Å². The Kier molecular flexibility index (Phi) is 3.19. The Hall–Kier alpha value is -1.03. The van der Waals surface area contributed by atoms with Crippen molar-refractivity contribution >= 4 is 15.5 Å². The number of nitrogen functional groups attached to an aromatic ring is 1. The normalized spacial score (nSPS) is 17.8. The largest absolute Gasteiger partial charge is 0.399 e. The van der Waals surface area contributed by atoms with Crippen LogP contribution in [0.2, 0.25) is 0 Å². The summed E-state index contributed by atoms with van der Waals surface area (Å²) in [5, 5.41) is 0. The van der Waals surface area contributed by atoms with E-state index in [1.54, 1.807) is 24.3 Å². The summed E-state index contributed by atoms with van der Waals surface area (Å²) in [4.78, 5) is 0.397. The average molecular weight is 239 g/mol. The molecule has 4 heteroatoms. The van der Waals surface area contributed by atoms with Gasteiger partial charge in [-0.05, 0) is 43.0 Å². The van der Waals surface area contributed by atoms with Crippen molar-refractivity contribution in [3.8, 4) is 0 Å². The van der Waals surface area contributed by atoms with Crippen molar-refractivity contribution in [3.05, 3.63) is 24.3 Å². The molecule has 1 aromatic carbocycles. The Morgan fingerprint density at radius 2 is 1.69 bits per heavy atom. The molecular formula is C12H17NO2S. The molecule has 0 amide bonds. The lowest BCUT2D eigenvalue weighted by Crippen LogP contribution is -2.14. The summed E-state index contributed by atoms with van der Waals surface area (Å²) >= 11 is 0. The van der Waals surface area contributed by atoms with E-state index in [2.05, 4.69) is 0 Å². The Morgan fingerprint density at radius 1 is 1.12 bits per heavy atom. The van der Waals surface area contributed by atoms with Gasteiger partial charge in [0.25, 0.3) is 0 Å². The maximum absolute atomic E-state index is 12.1. The average Bonchev–Trinajstić information content (AvgIpc) is 2.70. The molecule has 0 aliphatic heterocycles. The first-order valence-electron chi connectivity index (χ1n) is 5.66. The lowest BCUT2D eigenvalue weighted by atomic mass is 10.1. The first-order valence-corrected chi connectivity index (χ1v) is 7.31. The van der Waals surface area contributed by atoms with Crippen molar-refractivity contribution in [2.45, 2.75) is 30.6 Å². The molecule has 1 aliphatic carbocycles. The lowest BCUT2D eigenvalue weighted by molar-refractivity contribution is 0.559. The minimum Gasteiger partial charge on any atom is -0.399 e. The molecule has 1 aromatic rings. The van der Waals surface area contributed by atoms with E-state index in [9.17, 15) is 8.42 Å². The van der Waals surface area contributed by atoms with Gasteiger partial charge in [-0.3, -0.25) is 0 Å². The Labute approximate surface area is 96.6 Å². The molecule has 0 atom stereocenters. The molecule has 1 aliphatic rings. The zero-order chi connectivity index (χ0) is 11.6. The number of hydrogen-bond donors (Lipinski definition) is 1. The second-order valence-corrected chi connectivity index (χ2v) is 6.54. The van der Waals surface area contributed by atoms with E-state index < -0.39 is 9.84 Å². The van der Waals surface area contributed by atoms with E-state index >= 15 is 0 Å². The van der Waals surface area contributed by atoms with Gasteiger partial charge in [0, 0.05) is 5.69 Å². The van der Waals surface area contributed by atoms with Gasteiger partial charge in [0.2, 0.25) is 0 Å². The fourth-order valence-corrected chi connectivity index (χ4v) is 3.96. The van der Waals surface area contributed by atoms with Crippen LogP contribution in [-0.4, -0.2) is 14.2 Å². The van der Waals surface area contributed by atoms with Gasteiger partial charge in [-0.15, -0.1) is 0 Å². The maximum Gasteiger partial charge on any atom is 0.178 e. The summed E-state index contributed by atoms with van der Waals surface area (Å²) < 4.78 is 24.1. The highest BCUT2D eigenvalue weighted by molar-refractivity contribution is 7.91. The summed E-state index contributed by atoms with van der Waals surface area (Å²) in [6, 6.07) is 6.47. The van der Waals surface area contributed by atoms with Crippen LogP contribution in [0.15, 0.2) is 29.2 Å². The lowest BCUT2D eigenvalue weighted by Gasteiger charge is -2.09. The topological polar surface area (TPSA) is 60.2 Å². The van der Waals surface area contributed by atoms with Crippen molar-refractivity contribution in [2.75, 3.05) is 11.5 Å². The molecule has 0 unspecified atom stereocenters. The first-order chi connectivity index (χ1) is 7.58. The number of benzene rings is 1. The third kappa shape index (κ3) is 2.55. The van der Waals surface area contributed by atoms with Gasteiger partial charge in [-0.1, -0.05) is 12.8 Å². The summed E-state index contributed by atoms with van der Waals surface area (Å²) in [7, 11) is -3.12. The van der Waals surface area contributed by atoms with Crippen molar-refractivity contribution in [1.82, 2.24) is 0 Å². The highest BCUT2D eigenvalue weighted by Crippen LogP contribution is 2.28. The number of nitrogens with two attached hydrogens (primary N) is 1. The van der Waals surface area contributed by atoms with Crippen LogP contribution in [-0.2, 0) is 9.84 Å². The van der Waals surface area contributed by atoms with Crippen molar-refractivity contribution in [2.24, 2.45) is 5.92 Å². The first kappa shape index (κ1) is 11.5. The van der Waals surface area contributed by atoms with Gasteiger partial charge in [0.15, 0.2) is 9.84 Å². The zero-order valence-corrected chi connectivity index (χ0v) is 10.0. The van der Waals surface area contributed by atoms with Crippen LogP contribution in [0.3, 0.4) is 0 Å². The molecule has 0 saturated heterocycles. The van der Waals surface area contributed by atoms with Crippen LogP contribution in [0.1, 0.15) is 25.7 Å². The Morgan fingerprint density at radius 3 is 2.25 bits per heavy atom. The van der Waals surface area contributed by atoms with Crippen LogP contribution < -0.4 is 5.73 Å². The number of sulfone groups is 1. The Balaban J connectivity index is 2.14. The second kappa shape index (κ2) is 4.45. The third-order valence-electron chi connectivity index (χ3n) is 3.17. The van der Waals surface area contributed by atoms with Crippen molar-refractivity contribution in [3.63, 3.8) is 0 Å². The molecule has 0 spiro atoms. The molecule has 3 nitrogen and oxygen atoms in total. The highest BCUT2D eigenvalue weighted by Gasteiger charge is 2.23. The monoisotopic (exact) mass is 239 g/mol. The van der Waals surface area contributed by atoms with Gasteiger partial charge in [0.1, 0.15) is 0 Å². The fraction of sp³-hybridized carbons (Fsp3) is 0.500. The SMILES string of the molecule is Nc1ccc(S(=O)(=O)CC2CCCC2)cc1. The molecule has 0 radical (unpaired) electrons. The number of anilines is 1. The second-order valence-electron chi connectivity index (χ2n) is 4.50. The van der Waals surface area contributed by atoms with Crippen molar-refractivity contribution < 1.29 is 8.42 Å². The van der Waals surface area contributed by atoms with Gasteiger partial charge < -0.3 is 5.73 Å². The van der Waals surface area contributed by atoms with E-state index in [-0.39, 0.29) is 5.75 Å². The minimum atomic E-state index is -3.12. The fourth-order valence-electron chi connectivity index (χ4n) is 2.26. The predicted octanol–water partition coefficient (Wildman–Crippen LogP) is 2.23. The van der Waals surface area contributed by atoms with E-state index in [0.29, 0.717) is 16.5 Å². The molecular weight excluding hydrogens is 222 g/mol. The quantitative estimate of drug-likeness (QED) is 0.823. The molecule has 2 N–H and O–H groups in total. The molecule has 88 valence electrons. The number of hydrogen-bond acceptors (Lipinski definition) is 3. The highest BCUT2D eigenvalue weighted by atomic mass is 32.2. The molecule has 1 fully saturated rings. The summed E-state index contributed by atoms with van der Waals surface area (Å²) in [6.07, 6.45) is 4.44. The van der Waals surface area contributed by atoms with Gasteiger partial charge in [0.05, 0.1) is 10.6 Å². The van der Waals surface area contributed by atoms with Gasteiger partial charge in [-0.2, -0.15) is 0 Å². The molecule has 0 aromatic heterocycles. The summed E-state index contributed by atoms with van der Waals surface area (Å²) in [5.74, 6) is 0.638. The zero-order valence-electron chi connectivity index (χ0n) is 9.22. The van der Waals surface area contributed by atoms with E-state index in [4.69, 9.17) is 5.73 Å². The number of rotatable bonds is 3. The molecule has 1 saturated carbocycles.